The summed E-state index contributed by atoms with van der Waals surface area (Å²) in [5.41, 5.74) is 0.737. The number of amides is 1. The molecule has 108 valence electrons. The lowest BCUT2D eigenvalue weighted by Crippen LogP contribution is -2.55. The van der Waals surface area contributed by atoms with Crippen molar-refractivity contribution in [2.75, 3.05) is 13.1 Å². The number of piperazine rings is 1. The highest BCUT2D eigenvalue weighted by molar-refractivity contribution is 6.30. The van der Waals surface area contributed by atoms with E-state index in [0.717, 1.165) is 5.56 Å². The fourth-order valence-corrected chi connectivity index (χ4v) is 2.41. The fourth-order valence-electron chi connectivity index (χ4n) is 2.21. The first-order valence-corrected chi connectivity index (χ1v) is 6.52. The van der Waals surface area contributed by atoms with Crippen molar-refractivity contribution in [3.05, 3.63) is 34.6 Å². The number of carboxylic acid groups (broad SMARTS) is 1. The molecular weight excluding hydrogens is 287 g/mol. The first kappa shape index (κ1) is 14.7. The van der Waals surface area contributed by atoms with Crippen molar-refractivity contribution in [3.8, 4) is 0 Å². The summed E-state index contributed by atoms with van der Waals surface area (Å²) >= 11 is 5.71. The predicted octanol–water partition coefficient (Wildman–Crippen LogP) is 1.25. The third kappa shape index (κ3) is 3.46. The van der Waals surface area contributed by atoms with Crippen molar-refractivity contribution >= 4 is 23.5 Å². The number of hydrogen-bond acceptors (Lipinski definition) is 3. The highest BCUT2D eigenvalue weighted by Gasteiger charge is 2.31. The molecule has 2 rings (SSSR count). The molecule has 5 nitrogen and oxygen atoms in total. The van der Waals surface area contributed by atoms with E-state index in [9.17, 15) is 14.0 Å². The number of nitrogens with one attached hydrogen (secondary N) is 1. The molecule has 0 spiro atoms. The minimum Gasteiger partial charge on any atom is -0.481 e. The van der Waals surface area contributed by atoms with Gasteiger partial charge in [0.05, 0.1) is 11.4 Å². The lowest BCUT2D eigenvalue weighted by molar-refractivity contribution is -0.143. The van der Waals surface area contributed by atoms with Gasteiger partial charge in [0, 0.05) is 19.6 Å². The molecule has 0 saturated carbocycles. The Kier molecular flexibility index (Phi) is 4.57. The molecular formula is C13H14ClFN2O3. The van der Waals surface area contributed by atoms with Crippen LogP contribution in [0.4, 0.5) is 4.39 Å². The minimum absolute atomic E-state index is 0.0127. The maximum Gasteiger partial charge on any atom is 0.305 e. The molecule has 20 heavy (non-hydrogen) atoms. The molecule has 0 aliphatic carbocycles. The number of aliphatic carboxylic acids is 1. The largest absolute Gasteiger partial charge is 0.481 e. The Labute approximate surface area is 120 Å². The Morgan fingerprint density at radius 1 is 1.55 bits per heavy atom. The molecule has 0 bridgehead atoms. The van der Waals surface area contributed by atoms with Gasteiger partial charge in [-0.25, -0.2) is 4.39 Å². The summed E-state index contributed by atoms with van der Waals surface area (Å²) < 4.78 is 13.1. The van der Waals surface area contributed by atoms with Gasteiger partial charge in [-0.2, -0.15) is 0 Å². The molecule has 1 aliphatic rings. The summed E-state index contributed by atoms with van der Waals surface area (Å²) in [5.74, 6) is -1.84. The van der Waals surface area contributed by atoms with E-state index in [0.29, 0.717) is 19.6 Å². The van der Waals surface area contributed by atoms with E-state index in [1.54, 1.807) is 11.0 Å². The summed E-state index contributed by atoms with van der Waals surface area (Å²) in [4.78, 5) is 24.3. The summed E-state index contributed by atoms with van der Waals surface area (Å²) in [7, 11) is 0. The number of rotatable bonds is 4. The normalized spacial score (nSPS) is 19.7. The second-order valence-corrected chi connectivity index (χ2v) is 5.03. The molecule has 1 aromatic carbocycles. The smallest absolute Gasteiger partial charge is 0.305 e. The zero-order valence-corrected chi connectivity index (χ0v) is 11.4. The standard InChI is InChI=1S/C13H14ClFN2O3/c14-9-5-8(1-2-10(9)15)7-17-4-3-16-13(20)11(17)6-12(18)19/h1-2,5,11H,3-4,6-7H2,(H,16,20)(H,18,19). The molecule has 1 aromatic rings. The molecule has 1 unspecified atom stereocenters. The lowest BCUT2D eigenvalue weighted by Gasteiger charge is -2.34. The zero-order chi connectivity index (χ0) is 14.7. The molecule has 2 N–H and O–H groups in total. The summed E-state index contributed by atoms with van der Waals surface area (Å²) in [6, 6.07) is 3.60. The van der Waals surface area contributed by atoms with E-state index in [1.807, 2.05) is 0 Å². The Bertz CT molecular complexity index is 538. The van der Waals surface area contributed by atoms with Crippen LogP contribution in [0.3, 0.4) is 0 Å². The Hall–Kier alpha value is -1.66. The number of hydrogen-bond donors (Lipinski definition) is 2. The maximum absolute atomic E-state index is 13.1. The van der Waals surface area contributed by atoms with Crippen molar-refractivity contribution in [1.82, 2.24) is 10.2 Å². The number of carboxylic acids is 1. The van der Waals surface area contributed by atoms with E-state index < -0.39 is 17.8 Å². The van der Waals surface area contributed by atoms with Crippen molar-refractivity contribution in [2.24, 2.45) is 0 Å². The number of nitrogens with zero attached hydrogens (tertiary/aromatic N) is 1. The zero-order valence-electron chi connectivity index (χ0n) is 10.6. The average Bonchev–Trinajstić information content (AvgIpc) is 2.38. The van der Waals surface area contributed by atoms with Gasteiger partial charge in [-0.1, -0.05) is 17.7 Å². The monoisotopic (exact) mass is 300 g/mol. The Morgan fingerprint density at radius 3 is 2.95 bits per heavy atom. The molecule has 1 saturated heterocycles. The highest BCUT2D eigenvalue weighted by atomic mass is 35.5. The van der Waals surface area contributed by atoms with Crippen LogP contribution in [0.25, 0.3) is 0 Å². The van der Waals surface area contributed by atoms with Gasteiger partial charge < -0.3 is 10.4 Å². The van der Waals surface area contributed by atoms with Crippen molar-refractivity contribution in [2.45, 2.75) is 19.0 Å². The van der Waals surface area contributed by atoms with Crippen molar-refractivity contribution in [1.29, 1.82) is 0 Å². The van der Waals surface area contributed by atoms with Crippen LogP contribution in [0, 0.1) is 5.82 Å². The summed E-state index contributed by atoms with van der Waals surface area (Å²) in [6.07, 6.45) is -0.263. The molecule has 1 atom stereocenters. The van der Waals surface area contributed by atoms with Gasteiger partial charge in [-0.15, -0.1) is 0 Å². The van der Waals surface area contributed by atoms with E-state index in [1.165, 1.54) is 12.1 Å². The van der Waals surface area contributed by atoms with Gasteiger partial charge >= 0.3 is 5.97 Å². The minimum atomic E-state index is -1.03. The number of halogens is 2. The SMILES string of the molecule is O=C(O)CC1C(=O)NCCN1Cc1ccc(F)c(Cl)c1. The van der Waals surface area contributed by atoms with Crippen LogP contribution >= 0.6 is 11.6 Å². The third-order valence-electron chi connectivity index (χ3n) is 3.18. The van der Waals surface area contributed by atoms with Crippen LogP contribution < -0.4 is 5.32 Å². The molecule has 0 radical (unpaired) electrons. The molecule has 1 amide bonds. The topological polar surface area (TPSA) is 69.6 Å². The van der Waals surface area contributed by atoms with Crippen LogP contribution in [0.1, 0.15) is 12.0 Å². The van der Waals surface area contributed by atoms with Gasteiger partial charge in [-0.3, -0.25) is 14.5 Å². The Morgan fingerprint density at radius 2 is 2.30 bits per heavy atom. The van der Waals surface area contributed by atoms with Gasteiger partial charge in [0.2, 0.25) is 5.91 Å². The number of benzene rings is 1. The van der Waals surface area contributed by atoms with E-state index in [4.69, 9.17) is 16.7 Å². The van der Waals surface area contributed by atoms with Crippen LogP contribution in [0.15, 0.2) is 18.2 Å². The second kappa shape index (κ2) is 6.19. The van der Waals surface area contributed by atoms with Gasteiger partial charge in [0.1, 0.15) is 11.9 Å². The van der Waals surface area contributed by atoms with Crippen LogP contribution in [-0.2, 0) is 16.1 Å². The highest BCUT2D eigenvalue weighted by Crippen LogP contribution is 2.19. The van der Waals surface area contributed by atoms with Gasteiger partial charge in [0.15, 0.2) is 0 Å². The molecule has 1 fully saturated rings. The van der Waals surface area contributed by atoms with Gasteiger partial charge in [0.25, 0.3) is 0 Å². The van der Waals surface area contributed by atoms with Crippen LogP contribution in [0.5, 0.6) is 0 Å². The third-order valence-corrected chi connectivity index (χ3v) is 3.47. The molecule has 1 aliphatic heterocycles. The molecule has 0 aromatic heterocycles. The average molecular weight is 301 g/mol. The van der Waals surface area contributed by atoms with E-state index in [-0.39, 0.29) is 17.4 Å². The first-order chi connectivity index (χ1) is 9.47. The lowest BCUT2D eigenvalue weighted by atomic mass is 10.1. The Balaban J connectivity index is 2.13. The second-order valence-electron chi connectivity index (χ2n) is 4.62. The van der Waals surface area contributed by atoms with Crippen molar-refractivity contribution < 1.29 is 19.1 Å². The van der Waals surface area contributed by atoms with E-state index in [2.05, 4.69) is 5.32 Å². The summed E-state index contributed by atoms with van der Waals surface area (Å²) in [5, 5.41) is 11.5. The maximum atomic E-state index is 13.1. The van der Waals surface area contributed by atoms with Gasteiger partial charge in [-0.05, 0) is 17.7 Å². The van der Waals surface area contributed by atoms with Crippen molar-refractivity contribution in [3.63, 3.8) is 0 Å². The quantitative estimate of drug-likeness (QED) is 0.878. The van der Waals surface area contributed by atoms with E-state index >= 15 is 0 Å². The number of carbonyl (C=O) groups is 2. The fraction of sp³-hybridized carbons (Fsp3) is 0.385. The van der Waals surface area contributed by atoms with Crippen LogP contribution in [-0.4, -0.2) is 41.0 Å². The number of carbonyl (C=O) groups excluding carboxylic acids is 1. The summed E-state index contributed by atoms with van der Waals surface area (Å²) in [6.45, 7) is 1.36. The van der Waals surface area contributed by atoms with Crippen LogP contribution in [0.2, 0.25) is 5.02 Å². The predicted molar refractivity (Wildman–Crippen MR) is 70.9 cm³/mol. The molecule has 7 heteroatoms. The molecule has 1 heterocycles. The first-order valence-electron chi connectivity index (χ1n) is 6.15.